The fraction of sp³-hybridized carbons (Fsp3) is 0.148. The summed E-state index contributed by atoms with van der Waals surface area (Å²) in [7, 11) is 0. The van der Waals surface area contributed by atoms with Gasteiger partial charge in [0.2, 0.25) is 5.91 Å². The number of hydrogen-bond donors (Lipinski definition) is 1. The summed E-state index contributed by atoms with van der Waals surface area (Å²) < 4.78 is 0. The zero-order valence-corrected chi connectivity index (χ0v) is 21.3. The third-order valence-electron chi connectivity index (χ3n) is 5.71. The zero-order chi connectivity index (χ0) is 25.1. The van der Waals surface area contributed by atoms with Gasteiger partial charge in [0.1, 0.15) is 16.7 Å². The molecule has 1 aliphatic rings. The van der Waals surface area contributed by atoms with E-state index in [0.29, 0.717) is 27.0 Å². The SMILES string of the molecule is Cc1ccccc1NC(=O)/C(C#N)=C1\S[C@@H](Cc2c(Cl)cccc2Cl)C(=O)N1c1ccccc1C. The van der Waals surface area contributed by atoms with E-state index in [2.05, 4.69) is 5.32 Å². The minimum atomic E-state index is -0.614. The van der Waals surface area contributed by atoms with Crippen LogP contribution in [-0.2, 0) is 16.0 Å². The Bertz CT molecular complexity index is 1380. The molecule has 3 aromatic carbocycles. The third-order valence-corrected chi connectivity index (χ3v) is 7.68. The molecule has 1 saturated heterocycles. The van der Waals surface area contributed by atoms with Crippen LogP contribution in [0.2, 0.25) is 10.0 Å². The molecular formula is C27H21Cl2N3O2S. The fourth-order valence-corrected chi connectivity index (χ4v) is 5.66. The minimum absolute atomic E-state index is 0.136. The largest absolute Gasteiger partial charge is 0.321 e. The van der Waals surface area contributed by atoms with Gasteiger partial charge in [-0.25, -0.2) is 0 Å². The van der Waals surface area contributed by atoms with Gasteiger partial charge in [-0.15, -0.1) is 0 Å². The molecule has 0 aromatic heterocycles. The van der Waals surface area contributed by atoms with Gasteiger partial charge < -0.3 is 5.32 Å². The number of amides is 2. The first-order chi connectivity index (χ1) is 16.8. The van der Waals surface area contributed by atoms with Crippen molar-refractivity contribution in [3.05, 3.63) is 104 Å². The number of benzene rings is 3. The average molecular weight is 522 g/mol. The number of halogens is 2. The smallest absolute Gasteiger partial charge is 0.269 e. The number of nitrogens with one attached hydrogen (secondary N) is 1. The van der Waals surface area contributed by atoms with Crippen LogP contribution in [0.5, 0.6) is 0 Å². The highest BCUT2D eigenvalue weighted by Crippen LogP contribution is 2.44. The van der Waals surface area contributed by atoms with E-state index < -0.39 is 11.2 Å². The molecule has 8 heteroatoms. The van der Waals surface area contributed by atoms with Crippen molar-refractivity contribution in [1.82, 2.24) is 0 Å². The Morgan fingerprint density at radius 3 is 2.26 bits per heavy atom. The highest BCUT2D eigenvalue weighted by Gasteiger charge is 2.41. The van der Waals surface area contributed by atoms with Gasteiger partial charge in [0.25, 0.3) is 5.91 Å². The summed E-state index contributed by atoms with van der Waals surface area (Å²) in [5.74, 6) is -0.821. The second kappa shape index (κ2) is 10.6. The highest BCUT2D eigenvalue weighted by atomic mass is 35.5. The Kier molecular flexibility index (Phi) is 7.51. The Hall–Kier alpha value is -3.24. The second-order valence-corrected chi connectivity index (χ2v) is 10.0. The van der Waals surface area contributed by atoms with E-state index in [0.717, 1.165) is 11.1 Å². The lowest BCUT2D eigenvalue weighted by molar-refractivity contribution is -0.117. The summed E-state index contributed by atoms with van der Waals surface area (Å²) in [5, 5.41) is 13.4. The molecule has 0 radical (unpaired) electrons. The number of hydrogen-bond acceptors (Lipinski definition) is 4. The number of carbonyl (C=O) groups is 2. The van der Waals surface area contributed by atoms with Crippen LogP contribution in [0, 0.1) is 25.2 Å². The van der Waals surface area contributed by atoms with E-state index in [1.54, 1.807) is 36.4 Å². The van der Waals surface area contributed by atoms with Gasteiger partial charge >= 0.3 is 0 Å². The lowest BCUT2D eigenvalue weighted by Gasteiger charge is -2.21. The number of rotatable bonds is 5. The summed E-state index contributed by atoms with van der Waals surface area (Å²) in [4.78, 5) is 28.4. The molecular weight excluding hydrogens is 501 g/mol. The standard InChI is InChI=1S/C27H21Cl2N3O2S/c1-16-8-3-5-12-22(16)31-25(33)19(15-30)27-32(23-13-6-4-9-17(23)2)26(34)24(35-27)14-18-20(28)10-7-11-21(18)29/h3-13,24H,14H2,1-2H3,(H,31,33)/b27-19-/t24-/m0/s1. The van der Waals surface area contributed by atoms with E-state index in [-0.39, 0.29) is 22.9 Å². The molecule has 176 valence electrons. The molecule has 4 rings (SSSR count). The summed E-state index contributed by atoms with van der Waals surface area (Å²) in [6.07, 6.45) is 0.256. The number of nitriles is 1. The van der Waals surface area contributed by atoms with Crippen molar-refractivity contribution in [2.45, 2.75) is 25.5 Å². The molecule has 5 nitrogen and oxygen atoms in total. The average Bonchev–Trinajstić information content (AvgIpc) is 3.14. The molecule has 3 aromatic rings. The summed E-state index contributed by atoms with van der Waals surface area (Å²) in [5.41, 5.74) is 3.43. The van der Waals surface area contributed by atoms with E-state index in [4.69, 9.17) is 23.2 Å². The predicted octanol–water partition coefficient (Wildman–Crippen LogP) is 6.68. The lowest BCUT2D eigenvalue weighted by atomic mass is 10.1. The number of anilines is 2. The quantitative estimate of drug-likeness (QED) is 0.300. The van der Waals surface area contributed by atoms with Crippen molar-refractivity contribution in [2.24, 2.45) is 0 Å². The fourth-order valence-electron chi connectivity index (χ4n) is 3.83. The Morgan fingerprint density at radius 2 is 1.63 bits per heavy atom. The van der Waals surface area contributed by atoms with E-state index >= 15 is 0 Å². The molecule has 1 heterocycles. The van der Waals surface area contributed by atoms with Crippen LogP contribution < -0.4 is 10.2 Å². The normalized spacial score (nSPS) is 16.7. The van der Waals surface area contributed by atoms with Gasteiger partial charge in [0, 0.05) is 15.7 Å². The molecule has 35 heavy (non-hydrogen) atoms. The highest BCUT2D eigenvalue weighted by molar-refractivity contribution is 8.05. The van der Waals surface area contributed by atoms with Crippen molar-refractivity contribution >= 4 is 58.2 Å². The number of thioether (sulfide) groups is 1. The summed E-state index contributed by atoms with van der Waals surface area (Å²) >= 11 is 13.9. The van der Waals surface area contributed by atoms with Crippen LogP contribution >= 0.6 is 35.0 Å². The maximum Gasteiger partial charge on any atom is 0.269 e. The summed E-state index contributed by atoms with van der Waals surface area (Å²) in [6, 6.07) is 21.9. The first-order valence-electron chi connectivity index (χ1n) is 10.8. The summed E-state index contributed by atoms with van der Waals surface area (Å²) in [6.45, 7) is 3.74. The van der Waals surface area contributed by atoms with Gasteiger partial charge in [0.05, 0.1) is 10.9 Å². The van der Waals surface area contributed by atoms with Crippen molar-refractivity contribution in [2.75, 3.05) is 10.2 Å². The van der Waals surface area contributed by atoms with Gasteiger partial charge in [0.15, 0.2) is 0 Å². The molecule has 0 saturated carbocycles. The molecule has 0 bridgehead atoms. The van der Waals surface area contributed by atoms with Crippen LogP contribution in [-0.4, -0.2) is 17.1 Å². The molecule has 1 N–H and O–H groups in total. The topological polar surface area (TPSA) is 73.2 Å². The van der Waals surface area contributed by atoms with E-state index in [1.807, 2.05) is 50.2 Å². The monoisotopic (exact) mass is 521 g/mol. The van der Waals surface area contributed by atoms with E-state index in [9.17, 15) is 14.9 Å². The number of nitrogens with zero attached hydrogens (tertiary/aromatic N) is 2. The van der Waals surface area contributed by atoms with Crippen LogP contribution in [0.15, 0.2) is 77.3 Å². The number of para-hydroxylation sites is 2. The molecule has 0 unspecified atom stereocenters. The van der Waals surface area contributed by atoms with Crippen LogP contribution in [0.3, 0.4) is 0 Å². The van der Waals surface area contributed by atoms with Crippen molar-refractivity contribution < 1.29 is 9.59 Å². The van der Waals surface area contributed by atoms with Gasteiger partial charge in [-0.3, -0.25) is 14.5 Å². The molecule has 1 aliphatic heterocycles. The Morgan fingerprint density at radius 1 is 1.00 bits per heavy atom. The number of carbonyl (C=O) groups excluding carboxylic acids is 2. The van der Waals surface area contributed by atoms with E-state index in [1.165, 1.54) is 16.7 Å². The molecule has 1 atom stereocenters. The van der Waals surface area contributed by atoms with Gasteiger partial charge in [-0.2, -0.15) is 5.26 Å². The Labute approximate surface area is 218 Å². The first-order valence-corrected chi connectivity index (χ1v) is 12.5. The first kappa shape index (κ1) is 24.9. The Balaban J connectivity index is 1.78. The maximum absolute atomic E-state index is 13.7. The third kappa shape index (κ3) is 5.08. The zero-order valence-electron chi connectivity index (χ0n) is 19.0. The van der Waals surface area contributed by atoms with Crippen LogP contribution in [0.25, 0.3) is 0 Å². The van der Waals surface area contributed by atoms with Crippen LogP contribution in [0.1, 0.15) is 16.7 Å². The minimum Gasteiger partial charge on any atom is -0.321 e. The van der Waals surface area contributed by atoms with Gasteiger partial charge in [-0.1, -0.05) is 77.4 Å². The molecule has 0 spiro atoms. The van der Waals surface area contributed by atoms with Crippen molar-refractivity contribution in [3.8, 4) is 6.07 Å². The maximum atomic E-state index is 13.7. The van der Waals surface area contributed by atoms with Crippen molar-refractivity contribution in [3.63, 3.8) is 0 Å². The molecule has 0 aliphatic carbocycles. The molecule has 1 fully saturated rings. The molecule has 2 amide bonds. The lowest BCUT2D eigenvalue weighted by Crippen LogP contribution is -2.31. The predicted molar refractivity (Wildman–Crippen MR) is 143 cm³/mol. The second-order valence-electron chi connectivity index (χ2n) is 8.03. The number of aryl methyl sites for hydroxylation is 2. The van der Waals surface area contributed by atoms with Crippen molar-refractivity contribution in [1.29, 1.82) is 5.26 Å². The van der Waals surface area contributed by atoms with Crippen LogP contribution in [0.4, 0.5) is 11.4 Å². The van der Waals surface area contributed by atoms with Gasteiger partial charge in [-0.05, 0) is 61.2 Å².